The Bertz CT molecular complexity index is 825. The van der Waals surface area contributed by atoms with Crippen molar-refractivity contribution in [2.75, 3.05) is 7.11 Å². The molecule has 2 rings (SSSR count). The topological polar surface area (TPSA) is 60.4 Å². The highest BCUT2D eigenvalue weighted by atomic mass is 19.4. The molecule has 130 valence electrons. The molecule has 2 aromatic rings. The highest BCUT2D eigenvalue weighted by Crippen LogP contribution is 2.33. The van der Waals surface area contributed by atoms with E-state index in [0.717, 1.165) is 25.3 Å². The van der Waals surface area contributed by atoms with E-state index in [1.807, 2.05) is 0 Å². The minimum atomic E-state index is -4.71. The summed E-state index contributed by atoms with van der Waals surface area (Å²) >= 11 is 0. The van der Waals surface area contributed by atoms with Gasteiger partial charge in [0.15, 0.2) is 5.78 Å². The van der Waals surface area contributed by atoms with E-state index in [1.165, 1.54) is 24.3 Å². The predicted molar refractivity (Wildman–Crippen MR) is 82.4 cm³/mol. The summed E-state index contributed by atoms with van der Waals surface area (Å²) in [5.74, 6) is -1.66. The molecule has 0 amide bonds. The Kier molecular flexibility index (Phi) is 5.36. The summed E-state index contributed by atoms with van der Waals surface area (Å²) in [5, 5.41) is 0. The third-order valence-electron chi connectivity index (χ3n) is 3.56. The van der Waals surface area contributed by atoms with E-state index in [4.69, 9.17) is 0 Å². The normalized spacial score (nSPS) is 11.0. The fourth-order valence-electron chi connectivity index (χ4n) is 2.37. The maximum absolute atomic E-state index is 13.2. The number of esters is 1. The fourth-order valence-corrected chi connectivity index (χ4v) is 2.37. The number of halogens is 3. The van der Waals surface area contributed by atoms with Gasteiger partial charge in [0, 0.05) is 17.5 Å². The molecule has 0 atom stereocenters. The average molecular weight is 350 g/mol. The molecule has 0 aliphatic heterocycles. The third kappa shape index (κ3) is 3.93. The Morgan fingerprint density at radius 2 is 1.76 bits per heavy atom. The van der Waals surface area contributed by atoms with Crippen LogP contribution in [0, 0.1) is 0 Å². The molecule has 0 fully saturated rings. The first-order valence-electron chi connectivity index (χ1n) is 7.15. The Balaban J connectivity index is 2.62. The zero-order valence-electron chi connectivity index (χ0n) is 13.1. The lowest BCUT2D eigenvalue weighted by Gasteiger charge is -2.14. The molecule has 0 N–H and O–H groups in total. The van der Waals surface area contributed by atoms with E-state index in [9.17, 15) is 27.6 Å². The van der Waals surface area contributed by atoms with E-state index < -0.39 is 29.1 Å². The Labute approximate surface area is 141 Å². The third-order valence-corrected chi connectivity index (χ3v) is 3.56. The highest BCUT2D eigenvalue weighted by molar-refractivity contribution is 6.12. The van der Waals surface area contributed by atoms with Gasteiger partial charge in [-0.1, -0.05) is 24.3 Å². The second-order valence-corrected chi connectivity index (χ2v) is 5.11. The van der Waals surface area contributed by atoms with Gasteiger partial charge >= 0.3 is 12.1 Å². The first kappa shape index (κ1) is 18.4. The minimum absolute atomic E-state index is 0.00462. The van der Waals surface area contributed by atoms with E-state index in [-0.39, 0.29) is 23.1 Å². The predicted octanol–water partition coefficient (Wildman–Crippen LogP) is 3.46. The van der Waals surface area contributed by atoms with Crippen molar-refractivity contribution >= 4 is 18.0 Å². The largest absolute Gasteiger partial charge is 0.465 e. The van der Waals surface area contributed by atoms with Crippen LogP contribution >= 0.6 is 0 Å². The van der Waals surface area contributed by atoms with Crippen LogP contribution in [0.2, 0.25) is 0 Å². The van der Waals surface area contributed by atoms with E-state index in [1.54, 1.807) is 0 Å². The van der Waals surface area contributed by atoms with Gasteiger partial charge in [0.2, 0.25) is 0 Å². The van der Waals surface area contributed by atoms with Gasteiger partial charge in [0.1, 0.15) is 6.29 Å². The molecule has 2 aromatic carbocycles. The number of benzene rings is 2. The molecule has 0 unspecified atom stereocenters. The van der Waals surface area contributed by atoms with Crippen molar-refractivity contribution < 1.29 is 32.3 Å². The SMILES string of the molecule is COC(=O)c1ccc(CC=O)c(C(=O)c2ccccc2C(F)(F)F)c1. The molecule has 0 saturated carbocycles. The number of ketones is 1. The Morgan fingerprint density at radius 3 is 2.36 bits per heavy atom. The molecular weight excluding hydrogens is 337 g/mol. The van der Waals surface area contributed by atoms with Crippen LogP contribution < -0.4 is 0 Å². The number of rotatable bonds is 5. The summed E-state index contributed by atoms with van der Waals surface area (Å²) < 4.78 is 44.0. The Morgan fingerprint density at radius 1 is 1.08 bits per heavy atom. The highest BCUT2D eigenvalue weighted by Gasteiger charge is 2.35. The summed E-state index contributed by atoms with van der Waals surface area (Å²) in [6.45, 7) is 0. The van der Waals surface area contributed by atoms with E-state index >= 15 is 0 Å². The van der Waals surface area contributed by atoms with Crippen molar-refractivity contribution in [3.63, 3.8) is 0 Å². The lowest BCUT2D eigenvalue weighted by molar-refractivity contribution is -0.137. The number of aldehydes is 1. The van der Waals surface area contributed by atoms with Gasteiger partial charge in [0.25, 0.3) is 0 Å². The lowest BCUT2D eigenvalue weighted by Crippen LogP contribution is -2.16. The minimum Gasteiger partial charge on any atom is -0.465 e. The molecule has 0 radical (unpaired) electrons. The van der Waals surface area contributed by atoms with Crippen LogP contribution in [0.5, 0.6) is 0 Å². The first-order chi connectivity index (χ1) is 11.8. The number of ether oxygens (including phenoxy) is 1. The van der Waals surface area contributed by atoms with Crippen molar-refractivity contribution in [1.82, 2.24) is 0 Å². The molecule has 0 aromatic heterocycles. The van der Waals surface area contributed by atoms with Crippen molar-refractivity contribution in [1.29, 1.82) is 0 Å². The maximum Gasteiger partial charge on any atom is 0.417 e. The number of hydrogen-bond donors (Lipinski definition) is 0. The molecule has 0 saturated heterocycles. The summed E-state index contributed by atoms with van der Waals surface area (Å²) in [4.78, 5) is 35.1. The van der Waals surface area contributed by atoms with Crippen LogP contribution in [0.15, 0.2) is 42.5 Å². The smallest absolute Gasteiger partial charge is 0.417 e. The van der Waals surface area contributed by atoms with Gasteiger partial charge in [-0.25, -0.2) is 4.79 Å². The van der Waals surface area contributed by atoms with Crippen LogP contribution in [-0.4, -0.2) is 25.1 Å². The number of alkyl halides is 3. The number of methoxy groups -OCH3 is 1. The first-order valence-corrected chi connectivity index (χ1v) is 7.15. The van der Waals surface area contributed by atoms with Crippen molar-refractivity contribution in [3.05, 3.63) is 70.3 Å². The standard InChI is InChI=1S/C18H13F3O4/c1-25-17(24)12-7-6-11(8-9-22)14(10-12)16(23)13-4-2-3-5-15(13)18(19,20)21/h2-7,9-10H,8H2,1H3. The van der Waals surface area contributed by atoms with Gasteiger partial charge in [-0.2, -0.15) is 13.2 Å². The molecule has 7 heteroatoms. The van der Waals surface area contributed by atoms with Crippen LogP contribution in [-0.2, 0) is 22.1 Å². The maximum atomic E-state index is 13.2. The number of carbonyl (C=O) groups excluding carboxylic acids is 3. The molecule has 25 heavy (non-hydrogen) atoms. The molecule has 0 aliphatic rings. The molecule has 0 aliphatic carbocycles. The van der Waals surface area contributed by atoms with Gasteiger partial charge in [-0.15, -0.1) is 0 Å². The van der Waals surface area contributed by atoms with Crippen LogP contribution in [0.1, 0.15) is 37.4 Å². The summed E-state index contributed by atoms with van der Waals surface area (Å²) in [7, 11) is 1.14. The Hall–Kier alpha value is -2.96. The second kappa shape index (κ2) is 7.29. The summed E-state index contributed by atoms with van der Waals surface area (Å²) in [6, 6.07) is 8.18. The molecule has 0 spiro atoms. The van der Waals surface area contributed by atoms with Crippen LogP contribution in [0.3, 0.4) is 0 Å². The monoisotopic (exact) mass is 350 g/mol. The lowest BCUT2D eigenvalue weighted by atomic mass is 9.92. The fraction of sp³-hybridized carbons (Fsp3) is 0.167. The zero-order valence-corrected chi connectivity index (χ0v) is 13.1. The molecular formula is C18H13F3O4. The molecule has 4 nitrogen and oxygen atoms in total. The number of carbonyl (C=O) groups is 3. The number of hydrogen-bond acceptors (Lipinski definition) is 4. The zero-order chi connectivity index (χ0) is 18.6. The van der Waals surface area contributed by atoms with Crippen molar-refractivity contribution in [2.24, 2.45) is 0 Å². The van der Waals surface area contributed by atoms with Crippen molar-refractivity contribution in [2.45, 2.75) is 12.6 Å². The molecule has 0 bridgehead atoms. The van der Waals surface area contributed by atoms with Crippen LogP contribution in [0.4, 0.5) is 13.2 Å². The van der Waals surface area contributed by atoms with E-state index in [2.05, 4.69) is 4.74 Å². The van der Waals surface area contributed by atoms with Gasteiger partial charge in [0.05, 0.1) is 18.2 Å². The van der Waals surface area contributed by atoms with Gasteiger partial charge in [-0.3, -0.25) is 4.79 Å². The van der Waals surface area contributed by atoms with E-state index in [0.29, 0.717) is 6.29 Å². The summed E-state index contributed by atoms with van der Waals surface area (Å²) in [6.07, 6.45) is -4.35. The van der Waals surface area contributed by atoms with Crippen molar-refractivity contribution in [3.8, 4) is 0 Å². The second-order valence-electron chi connectivity index (χ2n) is 5.11. The van der Waals surface area contributed by atoms with Gasteiger partial charge < -0.3 is 9.53 Å². The van der Waals surface area contributed by atoms with Crippen LogP contribution in [0.25, 0.3) is 0 Å². The van der Waals surface area contributed by atoms with Gasteiger partial charge in [-0.05, 0) is 23.8 Å². The summed E-state index contributed by atoms with van der Waals surface area (Å²) in [5.41, 5.74) is -1.55. The average Bonchev–Trinajstić information content (AvgIpc) is 2.60. The quantitative estimate of drug-likeness (QED) is 0.471. The molecule has 0 heterocycles.